The number of nitrogens with zero attached hydrogens (tertiary/aromatic N) is 2. The maximum Gasteiger partial charge on any atom is 0.328 e. The van der Waals surface area contributed by atoms with Crippen LogP contribution in [-0.2, 0) is 9.59 Å². The lowest BCUT2D eigenvalue weighted by atomic mass is 10.0. The molecule has 2 atom stereocenters. The van der Waals surface area contributed by atoms with Gasteiger partial charge in [-0.3, -0.25) is 9.78 Å². The van der Waals surface area contributed by atoms with Crippen LogP contribution in [0.2, 0.25) is 0 Å². The minimum atomic E-state index is -1.26. The number of rotatable bonds is 5. The quantitative estimate of drug-likeness (QED) is 0.498. The van der Waals surface area contributed by atoms with Crippen molar-refractivity contribution in [2.24, 2.45) is 11.8 Å². The molecule has 11 heteroatoms. The first-order chi connectivity index (χ1) is 15.7. The zero-order chi connectivity index (χ0) is 24.0. The molecule has 2 saturated heterocycles. The summed E-state index contributed by atoms with van der Waals surface area (Å²) in [7, 11) is 0. The van der Waals surface area contributed by atoms with Gasteiger partial charge in [-0.05, 0) is 30.0 Å². The van der Waals surface area contributed by atoms with Crippen LogP contribution in [0.15, 0.2) is 48.8 Å². The smallest absolute Gasteiger partial charge is 0.328 e. The van der Waals surface area contributed by atoms with E-state index in [4.69, 9.17) is 10.2 Å². The average molecular weight is 460 g/mol. The SMILES string of the molecule is O=C(Nc1cc(F)cc(F)c1)c1cncc(N2C[C@H]3CNC[C@H]3C2)c1.O=C(O)/C=C/C(=O)O. The Morgan fingerprint density at radius 1 is 0.970 bits per heavy atom. The Morgan fingerprint density at radius 3 is 2.09 bits per heavy atom. The Labute approximate surface area is 187 Å². The molecule has 0 radical (unpaired) electrons. The molecule has 0 bridgehead atoms. The number of hydrogen-bond acceptors (Lipinski definition) is 6. The summed E-state index contributed by atoms with van der Waals surface area (Å²) in [5.41, 5.74) is 1.33. The van der Waals surface area contributed by atoms with E-state index in [2.05, 4.69) is 20.5 Å². The molecule has 2 aromatic rings. The number of aliphatic carboxylic acids is 2. The van der Waals surface area contributed by atoms with E-state index in [1.54, 1.807) is 12.3 Å². The molecular formula is C22H22F2N4O5. The Bertz CT molecular complexity index is 1030. The van der Waals surface area contributed by atoms with E-state index in [0.717, 1.165) is 50.1 Å². The van der Waals surface area contributed by atoms with Crippen molar-refractivity contribution in [3.05, 3.63) is 66.0 Å². The van der Waals surface area contributed by atoms with Crippen molar-refractivity contribution < 1.29 is 33.4 Å². The summed E-state index contributed by atoms with van der Waals surface area (Å²) in [5.74, 6) is -3.17. The number of nitrogens with one attached hydrogen (secondary N) is 2. The summed E-state index contributed by atoms with van der Waals surface area (Å²) in [4.78, 5) is 37.9. The van der Waals surface area contributed by atoms with Crippen LogP contribution in [0.4, 0.5) is 20.2 Å². The zero-order valence-electron chi connectivity index (χ0n) is 17.4. The molecule has 1 aromatic heterocycles. The first kappa shape index (κ1) is 23.8. The van der Waals surface area contributed by atoms with Crippen molar-refractivity contribution in [3.8, 4) is 0 Å². The largest absolute Gasteiger partial charge is 0.478 e. The predicted molar refractivity (Wildman–Crippen MR) is 115 cm³/mol. The highest BCUT2D eigenvalue weighted by atomic mass is 19.1. The molecule has 0 unspecified atom stereocenters. The fourth-order valence-corrected chi connectivity index (χ4v) is 3.76. The second-order valence-electron chi connectivity index (χ2n) is 7.64. The van der Waals surface area contributed by atoms with Gasteiger partial charge in [0.15, 0.2) is 0 Å². The lowest BCUT2D eigenvalue weighted by molar-refractivity contribution is -0.134. The molecule has 3 heterocycles. The number of carboxylic acids is 2. The van der Waals surface area contributed by atoms with Crippen LogP contribution in [-0.4, -0.2) is 59.2 Å². The molecule has 174 valence electrons. The highest BCUT2D eigenvalue weighted by Gasteiger charge is 2.36. The van der Waals surface area contributed by atoms with E-state index < -0.39 is 29.5 Å². The molecule has 33 heavy (non-hydrogen) atoms. The lowest BCUT2D eigenvalue weighted by Gasteiger charge is -2.19. The first-order valence-electron chi connectivity index (χ1n) is 10.0. The summed E-state index contributed by atoms with van der Waals surface area (Å²) in [5, 5.41) is 21.5. The summed E-state index contributed by atoms with van der Waals surface area (Å²) >= 11 is 0. The van der Waals surface area contributed by atoms with E-state index in [1.807, 2.05) is 0 Å². The van der Waals surface area contributed by atoms with Gasteiger partial charge in [-0.1, -0.05) is 0 Å². The Morgan fingerprint density at radius 2 is 1.55 bits per heavy atom. The average Bonchev–Trinajstić information content (AvgIpc) is 3.34. The van der Waals surface area contributed by atoms with Gasteiger partial charge in [0, 0.05) is 56.3 Å². The molecule has 4 rings (SSSR count). The van der Waals surface area contributed by atoms with Gasteiger partial charge < -0.3 is 25.7 Å². The number of anilines is 2. The molecule has 0 aliphatic carbocycles. The Kier molecular flexibility index (Phi) is 7.67. The molecule has 0 saturated carbocycles. The third-order valence-corrected chi connectivity index (χ3v) is 5.23. The summed E-state index contributed by atoms with van der Waals surface area (Å²) in [6.45, 7) is 3.94. The number of amides is 1. The van der Waals surface area contributed by atoms with Crippen molar-refractivity contribution in [1.82, 2.24) is 10.3 Å². The van der Waals surface area contributed by atoms with Crippen LogP contribution in [0.5, 0.6) is 0 Å². The number of halogens is 2. The van der Waals surface area contributed by atoms with E-state index in [-0.39, 0.29) is 5.69 Å². The van der Waals surface area contributed by atoms with E-state index in [0.29, 0.717) is 29.6 Å². The van der Waals surface area contributed by atoms with Gasteiger partial charge in [-0.2, -0.15) is 0 Å². The topological polar surface area (TPSA) is 132 Å². The number of carbonyl (C=O) groups is 3. The van der Waals surface area contributed by atoms with E-state index in [1.165, 1.54) is 6.20 Å². The van der Waals surface area contributed by atoms with Crippen LogP contribution < -0.4 is 15.5 Å². The van der Waals surface area contributed by atoms with Gasteiger partial charge in [0.25, 0.3) is 5.91 Å². The van der Waals surface area contributed by atoms with Crippen LogP contribution >= 0.6 is 0 Å². The summed E-state index contributed by atoms with van der Waals surface area (Å²) < 4.78 is 26.5. The number of carbonyl (C=O) groups excluding carboxylic acids is 1. The lowest BCUT2D eigenvalue weighted by Crippen LogP contribution is -2.26. The van der Waals surface area contributed by atoms with E-state index >= 15 is 0 Å². The second-order valence-corrected chi connectivity index (χ2v) is 7.64. The standard InChI is InChI=1S/C18H18F2N4O.C4H4O4/c19-14-2-15(20)4-16(3-14)23-18(25)11-1-17(8-22-5-11)24-9-12-6-21-7-13(12)10-24;5-3(6)1-2-4(7)8/h1-5,8,12-13,21H,6-7,9-10H2,(H,23,25);1-2H,(H,5,6)(H,7,8)/b;2-1+/t12-,13+;. The van der Waals surface area contributed by atoms with Crippen molar-refractivity contribution in [2.45, 2.75) is 0 Å². The number of carboxylic acid groups (broad SMARTS) is 2. The fraction of sp³-hybridized carbons (Fsp3) is 0.273. The predicted octanol–water partition coefficient (Wildman–Crippen LogP) is 1.98. The van der Waals surface area contributed by atoms with Crippen molar-refractivity contribution in [2.75, 3.05) is 36.4 Å². The van der Waals surface area contributed by atoms with Gasteiger partial charge in [0.2, 0.25) is 0 Å². The molecule has 4 N–H and O–H groups in total. The molecule has 1 aromatic carbocycles. The first-order valence-corrected chi connectivity index (χ1v) is 10.0. The Balaban J connectivity index is 0.000000331. The third-order valence-electron chi connectivity index (χ3n) is 5.23. The second kappa shape index (κ2) is 10.6. The highest BCUT2D eigenvalue weighted by molar-refractivity contribution is 6.04. The maximum atomic E-state index is 13.2. The number of pyridine rings is 1. The number of aromatic nitrogens is 1. The molecule has 9 nitrogen and oxygen atoms in total. The highest BCUT2D eigenvalue weighted by Crippen LogP contribution is 2.30. The zero-order valence-corrected chi connectivity index (χ0v) is 17.4. The third kappa shape index (κ3) is 6.81. The van der Waals surface area contributed by atoms with Crippen molar-refractivity contribution in [3.63, 3.8) is 0 Å². The molecule has 2 aliphatic heterocycles. The summed E-state index contributed by atoms with van der Waals surface area (Å²) in [6.07, 6.45) is 4.31. The molecular weight excluding hydrogens is 438 g/mol. The molecule has 1 amide bonds. The van der Waals surface area contributed by atoms with Gasteiger partial charge >= 0.3 is 11.9 Å². The fourth-order valence-electron chi connectivity index (χ4n) is 3.76. The van der Waals surface area contributed by atoms with Crippen molar-refractivity contribution in [1.29, 1.82) is 0 Å². The Hall–Kier alpha value is -3.86. The summed E-state index contributed by atoms with van der Waals surface area (Å²) in [6, 6.07) is 4.68. The number of benzene rings is 1. The minimum absolute atomic E-state index is 0.0784. The van der Waals surface area contributed by atoms with Gasteiger partial charge in [0.1, 0.15) is 11.6 Å². The van der Waals surface area contributed by atoms with Gasteiger partial charge in [-0.15, -0.1) is 0 Å². The van der Waals surface area contributed by atoms with Crippen LogP contribution in [0.3, 0.4) is 0 Å². The normalized spacial score (nSPS) is 19.0. The molecule has 2 fully saturated rings. The van der Waals surface area contributed by atoms with Crippen LogP contribution in [0, 0.1) is 23.5 Å². The van der Waals surface area contributed by atoms with Crippen LogP contribution in [0.25, 0.3) is 0 Å². The minimum Gasteiger partial charge on any atom is -0.478 e. The number of fused-ring (bicyclic) bond motifs is 1. The van der Waals surface area contributed by atoms with Gasteiger partial charge in [-0.25, -0.2) is 18.4 Å². The van der Waals surface area contributed by atoms with E-state index in [9.17, 15) is 23.2 Å². The van der Waals surface area contributed by atoms with Gasteiger partial charge in [0.05, 0.1) is 17.4 Å². The van der Waals surface area contributed by atoms with Crippen LogP contribution in [0.1, 0.15) is 10.4 Å². The molecule has 0 spiro atoms. The monoisotopic (exact) mass is 460 g/mol. The maximum absolute atomic E-state index is 13.2. The number of hydrogen-bond donors (Lipinski definition) is 4. The molecule has 2 aliphatic rings. The van der Waals surface area contributed by atoms with Crippen molar-refractivity contribution >= 4 is 29.2 Å².